The molecule has 0 saturated heterocycles. The number of hydrogen-bond donors (Lipinski definition) is 0. The third kappa shape index (κ3) is 7.48. The molecule has 0 radical (unpaired) electrons. The van der Waals surface area contributed by atoms with Crippen LogP contribution in [0.25, 0.3) is 0 Å². The number of carbonyl (C=O) groups excluding carboxylic acids is 4. The average Bonchev–Trinajstić information content (AvgIpc) is 2.85. The number of benzene rings is 2. The fourth-order valence-electron chi connectivity index (χ4n) is 3.12. The molecule has 0 saturated carbocycles. The fraction of sp³-hybridized carbons (Fsp3) is 0.143. The lowest BCUT2D eigenvalue weighted by atomic mass is 10.2. The molecule has 0 aliphatic carbocycles. The van der Waals surface area contributed by atoms with Gasteiger partial charge in [-0.2, -0.15) is 10.2 Å². The van der Waals surface area contributed by atoms with Gasteiger partial charge in [-0.3, -0.25) is 19.2 Å². The van der Waals surface area contributed by atoms with Gasteiger partial charge in [-0.25, -0.2) is 9.80 Å². The van der Waals surface area contributed by atoms with Gasteiger partial charge in [-0.1, -0.05) is 26.3 Å². The van der Waals surface area contributed by atoms with Crippen molar-refractivity contribution in [1.82, 2.24) is 0 Å². The molecule has 0 spiro atoms. The Morgan fingerprint density at radius 1 is 0.525 bits per heavy atom. The predicted octanol–water partition coefficient (Wildman–Crippen LogP) is 9.18. The number of anilines is 2. The third-order valence-corrected chi connectivity index (χ3v) is 7.42. The highest BCUT2D eigenvalue weighted by Gasteiger charge is 2.30. The van der Waals surface area contributed by atoms with Gasteiger partial charge in [0.2, 0.25) is 0 Å². The number of hydrogen-bond acceptors (Lipinski definition) is 6. The SMILES string of the molecule is C=C(C)C(=O)N(C(=O)C(=C)C)c1c(Br)cc(N=Nc2cc(Br)c(N(C(=O)C(=C)C)C(=O)C(=C)C)c(Br)c2)cc1Br. The van der Waals surface area contributed by atoms with Crippen molar-refractivity contribution in [2.45, 2.75) is 27.7 Å². The van der Waals surface area contributed by atoms with Gasteiger partial charge in [0.05, 0.1) is 22.7 Å². The zero-order chi connectivity index (χ0) is 30.6. The van der Waals surface area contributed by atoms with Crippen molar-refractivity contribution in [3.05, 3.63) is 90.8 Å². The molecule has 0 aromatic heterocycles. The summed E-state index contributed by atoms with van der Waals surface area (Å²) in [5, 5.41) is 8.53. The summed E-state index contributed by atoms with van der Waals surface area (Å²) in [4.78, 5) is 53.2. The quantitative estimate of drug-likeness (QED) is 0.197. The summed E-state index contributed by atoms with van der Waals surface area (Å²) in [5.74, 6) is -2.32. The Bertz CT molecular complexity index is 1330. The van der Waals surface area contributed by atoms with Gasteiger partial charge in [-0.05, 0) is 116 Å². The highest BCUT2D eigenvalue weighted by Crippen LogP contribution is 2.42. The molecule has 0 aliphatic heterocycles. The van der Waals surface area contributed by atoms with Crippen molar-refractivity contribution in [2.75, 3.05) is 9.80 Å². The summed E-state index contributed by atoms with van der Waals surface area (Å²) in [7, 11) is 0. The summed E-state index contributed by atoms with van der Waals surface area (Å²) < 4.78 is 1.57. The van der Waals surface area contributed by atoms with Gasteiger partial charge in [0, 0.05) is 40.2 Å². The molecule has 4 amide bonds. The normalized spacial score (nSPS) is 10.7. The highest BCUT2D eigenvalue weighted by atomic mass is 79.9. The molecule has 12 heteroatoms. The van der Waals surface area contributed by atoms with Crippen LogP contribution in [0.3, 0.4) is 0 Å². The Balaban J connectivity index is 2.55. The van der Waals surface area contributed by atoms with Crippen molar-refractivity contribution in [1.29, 1.82) is 0 Å². The van der Waals surface area contributed by atoms with E-state index in [0.717, 1.165) is 9.80 Å². The second kappa shape index (κ2) is 13.7. The number of amides is 4. The van der Waals surface area contributed by atoms with Gasteiger partial charge >= 0.3 is 0 Å². The second-order valence-corrected chi connectivity index (χ2v) is 12.1. The summed E-state index contributed by atoms with van der Waals surface area (Å²) in [6.45, 7) is 20.7. The first kappa shape index (κ1) is 33.4. The standard InChI is InChI=1S/C28H24Br4N4O4/c1-13(2)25(37)35(26(38)14(3)4)23-19(29)9-17(10-20(23)30)33-34-18-11-21(31)24(22(32)12-18)36(27(39)15(5)6)28(40)16(7)8/h9-12H,1,3,5,7H2,2,4,6,8H3. The number of imide groups is 2. The highest BCUT2D eigenvalue weighted by molar-refractivity contribution is 9.11. The Hall–Kier alpha value is -2.80. The van der Waals surface area contributed by atoms with E-state index >= 15 is 0 Å². The van der Waals surface area contributed by atoms with Crippen molar-refractivity contribution >= 4 is 110 Å². The van der Waals surface area contributed by atoms with Crippen molar-refractivity contribution in [2.24, 2.45) is 10.2 Å². The molecule has 0 aliphatic rings. The van der Waals surface area contributed by atoms with E-state index in [2.05, 4.69) is 100 Å². The van der Waals surface area contributed by atoms with E-state index < -0.39 is 23.6 Å². The lowest BCUT2D eigenvalue weighted by Crippen LogP contribution is -2.38. The average molecular weight is 800 g/mol. The Kier molecular flexibility index (Phi) is 11.4. The molecule has 0 N–H and O–H groups in total. The molecule has 208 valence electrons. The Labute approximate surface area is 266 Å². The maximum Gasteiger partial charge on any atom is 0.260 e. The summed E-state index contributed by atoms with van der Waals surface area (Å²) >= 11 is 13.7. The minimum absolute atomic E-state index is 0.172. The number of rotatable bonds is 8. The molecule has 0 atom stereocenters. The van der Waals surface area contributed by atoms with Crippen molar-refractivity contribution < 1.29 is 19.2 Å². The minimum Gasteiger partial charge on any atom is -0.269 e. The Morgan fingerprint density at radius 2 is 0.725 bits per heavy atom. The maximum absolute atomic E-state index is 12.8. The van der Waals surface area contributed by atoms with Crippen LogP contribution in [0.1, 0.15) is 27.7 Å². The molecular formula is C28H24Br4N4O4. The third-order valence-electron chi connectivity index (χ3n) is 5.00. The lowest BCUT2D eigenvalue weighted by molar-refractivity contribution is -0.124. The van der Waals surface area contributed by atoms with Crippen LogP contribution in [0, 0.1) is 0 Å². The second-order valence-electron chi connectivity index (χ2n) is 8.73. The van der Waals surface area contributed by atoms with Crippen molar-refractivity contribution in [3.63, 3.8) is 0 Å². The molecule has 0 bridgehead atoms. The maximum atomic E-state index is 12.8. The van der Waals surface area contributed by atoms with E-state index in [9.17, 15) is 19.2 Å². The number of carbonyl (C=O) groups is 4. The molecular weight excluding hydrogens is 776 g/mol. The fourth-order valence-corrected chi connectivity index (χ4v) is 6.15. The van der Waals surface area contributed by atoms with E-state index in [1.165, 1.54) is 27.7 Å². The summed E-state index contributed by atoms with van der Waals surface area (Å²) in [5.41, 5.74) is 1.99. The van der Waals surface area contributed by atoms with Crippen LogP contribution in [0.15, 0.2) is 101 Å². The van der Waals surface area contributed by atoms with E-state index in [1.807, 2.05) is 0 Å². The monoisotopic (exact) mass is 796 g/mol. The lowest BCUT2D eigenvalue weighted by Gasteiger charge is -2.24. The zero-order valence-electron chi connectivity index (χ0n) is 22.1. The van der Waals surface area contributed by atoms with Gasteiger partial charge in [-0.15, -0.1) is 0 Å². The van der Waals surface area contributed by atoms with Crippen molar-refractivity contribution in [3.8, 4) is 0 Å². The summed E-state index contributed by atoms with van der Waals surface area (Å²) in [6.07, 6.45) is 0. The molecule has 0 unspecified atom stereocenters. The van der Waals surface area contributed by atoms with Gasteiger partial charge < -0.3 is 0 Å². The zero-order valence-corrected chi connectivity index (χ0v) is 28.4. The molecule has 40 heavy (non-hydrogen) atoms. The molecule has 2 aromatic rings. The first-order valence-corrected chi connectivity index (χ1v) is 14.5. The van der Waals surface area contributed by atoms with E-state index in [4.69, 9.17) is 0 Å². The van der Waals surface area contributed by atoms with Crippen LogP contribution in [-0.2, 0) is 19.2 Å². The van der Waals surface area contributed by atoms with Gasteiger partial charge in [0.15, 0.2) is 0 Å². The molecule has 0 fully saturated rings. The van der Waals surface area contributed by atoms with Gasteiger partial charge in [0.25, 0.3) is 23.6 Å². The van der Waals surface area contributed by atoms with Crippen LogP contribution in [0.2, 0.25) is 0 Å². The topological polar surface area (TPSA) is 99.5 Å². The van der Waals surface area contributed by atoms with E-state index in [0.29, 0.717) is 29.3 Å². The van der Waals surface area contributed by atoms with Crippen LogP contribution >= 0.6 is 63.7 Å². The van der Waals surface area contributed by atoms with E-state index in [-0.39, 0.29) is 33.7 Å². The molecule has 2 rings (SSSR count). The molecule has 2 aromatic carbocycles. The number of nitrogens with zero attached hydrogens (tertiary/aromatic N) is 4. The van der Waals surface area contributed by atoms with Crippen LogP contribution < -0.4 is 9.80 Å². The van der Waals surface area contributed by atoms with Crippen LogP contribution in [0.4, 0.5) is 22.7 Å². The first-order valence-electron chi connectivity index (χ1n) is 11.3. The minimum atomic E-state index is -0.581. The first-order chi connectivity index (χ1) is 18.5. The number of halogens is 4. The van der Waals surface area contributed by atoms with Crippen LogP contribution in [0.5, 0.6) is 0 Å². The summed E-state index contributed by atoms with van der Waals surface area (Å²) in [6, 6.07) is 6.35. The van der Waals surface area contributed by atoms with Gasteiger partial charge in [0.1, 0.15) is 0 Å². The predicted molar refractivity (Wildman–Crippen MR) is 172 cm³/mol. The Morgan fingerprint density at radius 3 is 0.900 bits per heavy atom. The van der Waals surface area contributed by atoms with E-state index in [1.54, 1.807) is 24.3 Å². The molecule has 8 nitrogen and oxygen atoms in total. The smallest absolute Gasteiger partial charge is 0.260 e. The largest absolute Gasteiger partial charge is 0.269 e. The number of azo groups is 1. The molecule has 0 heterocycles. The van der Waals surface area contributed by atoms with Crippen LogP contribution in [-0.4, -0.2) is 23.6 Å².